The molecule has 27 heavy (non-hydrogen) atoms. The summed E-state index contributed by atoms with van der Waals surface area (Å²) in [5.41, 5.74) is 4.10. The van der Waals surface area contributed by atoms with Crippen LogP contribution in [-0.2, 0) is 16.0 Å². The molecule has 0 fully saturated rings. The van der Waals surface area contributed by atoms with Crippen LogP contribution in [0.2, 0.25) is 0 Å². The highest BCUT2D eigenvalue weighted by Gasteiger charge is 2.21. The molecule has 0 aliphatic rings. The minimum atomic E-state index is -0.963. The molecule has 3 aromatic rings. The first kappa shape index (κ1) is 18.5. The molecule has 0 radical (unpaired) electrons. The van der Waals surface area contributed by atoms with Crippen LogP contribution in [0.1, 0.15) is 35.5 Å². The van der Waals surface area contributed by atoms with Crippen molar-refractivity contribution < 1.29 is 14.3 Å². The van der Waals surface area contributed by atoms with Gasteiger partial charge in [-0.15, -0.1) is 0 Å². The van der Waals surface area contributed by atoms with Gasteiger partial charge in [-0.05, 0) is 43.5 Å². The van der Waals surface area contributed by atoms with E-state index in [2.05, 4.69) is 15.3 Å². The molecule has 0 saturated carbocycles. The second-order valence-corrected chi connectivity index (χ2v) is 6.24. The first-order chi connectivity index (χ1) is 13.0. The van der Waals surface area contributed by atoms with Crippen molar-refractivity contribution in [2.24, 2.45) is 0 Å². The fourth-order valence-electron chi connectivity index (χ4n) is 2.76. The number of benzene rings is 2. The highest BCUT2D eigenvalue weighted by atomic mass is 16.5. The molecule has 1 N–H and O–H groups in total. The SMILES string of the molecule is CCc1cccc(C)c1NC(=O)C(C)OC(=O)c1cnc2ccccc2n1. The lowest BCUT2D eigenvalue weighted by Crippen LogP contribution is -2.30. The molecule has 1 aromatic heterocycles. The lowest BCUT2D eigenvalue weighted by Gasteiger charge is -2.16. The molecular formula is C21H21N3O3. The predicted molar refractivity (Wildman–Crippen MR) is 104 cm³/mol. The van der Waals surface area contributed by atoms with E-state index >= 15 is 0 Å². The monoisotopic (exact) mass is 363 g/mol. The van der Waals surface area contributed by atoms with Gasteiger partial charge in [-0.2, -0.15) is 0 Å². The molecule has 2 aromatic carbocycles. The number of nitrogens with one attached hydrogen (secondary N) is 1. The summed E-state index contributed by atoms with van der Waals surface area (Å²) in [6.07, 6.45) is 1.18. The molecule has 0 aliphatic heterocycles. The summed E-state index contributed by atoms with van der Waals surface area (Å²) < 4.78 is 5.28. The summed E-state index contributed by atoms with van der Waals surface area (Å²) in [6.45, 7) is 5.48. The largest absolute Gasteiger partial charge is 0.448 e. The number of ether oxygens (including phenoxy) is 1. The van der Waals surface area contributed by atoms with E-state index < -0.39 is 12.1 Å². The second kappa shape index (κ2) is 7.95. The van der Waals surface area contributed by atoms with Crippen LogP contribution in [0, 0.1) is 6.92 Å². The van der Waals surface area contributed by atoms with E-state index in [1.54, 1.807) is 12.1 Å². The van der Waals surface area contributed by atoms with E-state index in [0.29, 0.717) is 11.0 Å². The molecule has 3 rings (SSSR count). The van der Waals surface area contributed by atoms with Gasteiger partial charge in [-0.25, -0.2) is 9.78 Å². The number of fused-ring (bicyclic) bond motifs is 1. The van der Waals surface area contributed by atoms with Gasteiger partial charge in [0.15, 0.2) is 11.8 Å². The lowest BCUT2D eigenvalue weighted by molar-refractivity contribution is -0.123. The minimum absolute atomic E-state index is 0.0680. The number of rotatable bonds is 5. The number of aryl methyl sites for hydroxylation is 2. The Labute approximate surface area is 157 Å². The Morgan fingerprint density at radius 3 is 2.59 bits per heavy atom. The number of aromatic nitrogens is 2. The number of hydrogen-bond acceptors (Lipinski definition) is 5. The topological polar surface area (TPSA) is 81.2 Å². The first-order valence-electron chi connectivity index (χ1n) is 8.81. The van der Waals surface area contributed by atoms with E-state index in [9.17, 15) is 9.59 Å². The first-order valence-corrected chi connectivity index (χ1v) is 8.81. The third kappa shape index (κ3) is 4.11. The Hall–Kier alpha value is -3.28. The summed E-state index contributed by atoms with van der Waals surface area (Å²) in [5, 5.41) is 2.86. The zero-order valence-electron chi connectivity index (χ0n) is 15.5. The Kier molecular flexibility index (Phi) is 5.45. The van der Waals surface area contributed by atoms with Gasteiger partial charge in [0, 0.05) is 5.69 Å². The van der Waals surface area contributed by atoms with Gasteiger partial charge in [-0.1, -0.05) is 37.3 Å². The van der Waals surface area contributed by atoms with Gasteiger partial charge in [0.25, 0.3) is 5.91 Å². The van der Waals surface area contributed by atoms with Crippen LogP contribution < -0.4 is 5.32 Å². The molecule has 6 heteroatoms. The van der Waals surface area contributed by atoms with E-state index in [0.717, 1.165) is 23.2 Å². The average molecular weight is 363 g/mol. The van der Waals surface area contributed by atoms with Crippen LogP contribution in [0.15, 0.2) is 48.7 Å². The number of esters is 1. The standard InChI is InChI=1S/C21H21N3O3/c1-4-15-9-7-8-13(2)19(15)24-20(25)14(3)27-21(26)18-12-22-16-10-5-6-11-17(16)23-18/h5-12,14H,4H2,1-3H3,(H,24,25). The number of carbonyl (C=O) groups excluding carboxylic acids is 2. The number of nitrogens with zero attached hydrogens (tertiary/aromatic N) is 2. The van der Waals surface area contributed by atoms with Crippen LogP contribution in [-0.4, -0.2) is 27.9 Å². The maximum absolute atomic E-state index is 12.5. The number of amides is 1. The quantitative estimate of drug-likeness (QED) is 0.699. The number of anilines is 1. The van der Waals surface area contributed by atoms with Crippen molar-refractivity contribution in [3.63, 3.8) is 0 Å². The van der Waals surface area contributed by atoms with E-state index in [4.69, 9.17) is 4.74 Å². The third-order valence-corrected chi connectivity index (χ3v) is 4.30. The van der Waals surface area contributed by atoms with Crippen LogP contribution in [0.25, 0.3) is 11.0 Å². The predicted octanol–water partition coefficient (Wildman–Crippen LogP) is 3.68. The van der Waals surface area contributed by atoms with Crippen molar-refractivity contribution in [3.8, 4) is 0 Å². The van der Waals surface area contributed by atoms with E-state index in [1.165, 1.54) is 13.1 Å². The molecule has 1 heterocycles. The normalized spacial score (nSPS) is 11.8. The summed E-state index contributed by atoms with van der Waals surface area (Å²) in [6, 6.07) is 13.1. The fourth-order valence-corrected chi connectivity index (χ4v) is 2.76. The summed E-state index contributed by atoms with van der Waals surface area (Å²) in [4.78, 5) is 33.3. The van der Waals surface area contributed by atoms with Crippen molar-refractivity contribution in [3.05, 3.63) is 65.5 Å². The molecule has 0 bridgehead atoms. The van der Waals surface area contributed by atoms with Gasteiger partial charge < -0.3 is 10.1 Å². The van der Waals surface area contributed by atoms with Gasteiger partial charge in [0.2, 0.25) is 0 Å². The minimum Gasteiger partial charge on any atom is -0.448 e. The summed E-state index contributed by atoms with van der Waals surface area (Å²) in [7, 11) is 0. The van der Waals surface area contributed by atoms with E-state index in [1.807, 2.05) is 44.2 Å². The lowest BCUT2D eigenvalue weighted by atomic mass is 10.1. The smallest absolute Gasteiger partial charge is 0.359 e. The summed E-state index contributed by atoms with van der Waals surface area (Å²) >= 11 is 0. The molecule has 6 nitrogen and oxygen atoms in total. The maximum atomic E-state index is 12.5. The Bertz CT molecular complexity index is 1000. The van der Waals surface area contributed by atoms with Crippen molar-refractivity contribution >= 4 is 28.6 Å². The molecule has 1 unspecified atom stereocenters. The molecule has 0 spiro atoms. The molecule has 0 aliphatic carbocycles. The molecule has 1 atom stereocenters. The highest BCUT2D eigenvalue weighted by Crippen LogP contribution is 2.21. The highest BCUT2D eigenvalue weighted by molar-refractivity contribution is 5.98. The van der Waals surface area contributed by atoms with Crippen LogP contribution in [0.5, 0.6) is 0 Å². The Morgan fingerprint density at radius 1 is 1.11 bits per heavy atom. The third-order valence-electron chi connectivity index (χ3n) is 4.30. The van der Waals surface area contributed by atoms with Crippen LogP contribution in [0.3, 0.4) is 0 Å². The molecule has 0 saturated heterocycles. The Balaban J connectivity index is 1.71. The van der Waals surface area contributed by atoms with Crippen LogP contribution >= 0.6 is 0 Å². The summed E-state index contributed by atoms with van der Waals surface area (Å²) in [5.74, 6) is -1.07. The van der Waals surface area contributed by atoms with Gasteiger partial charge in [0.1, 0.15) is 0 Å². The molecular weight excluding hydrogens is 342 g/mol. The molecule has 138 valence electrons. The number of carbonyl (C=O) groups is 2. The van der Waals surface area contributed by atoms with Crippen molar-refractivity contribution in [2.75, 3.05) is 5.32 Å². The van der Waals surface area contributed by atoms with Crippen molar-refractivity contribution in [1.29, 1.82) is 0 Å². The van der Waals surface area contributed by atoms with Gasteiger partial charge in [-0.3, -0.25) is 9.78 Å². The van der Waals surface area contributed by atoms with Crippen molar-refractivity contribution in [2.45, 2.75) is 33.3 Å². The van der Waals surface area contributed by atoms with Gasteiger partial charge >= 0.3 is 5.97 Å². The zero-order chi connectivity index (χ0) is 19.4. The van der Waals surface area contributed by atoms with Crippen molar-refractivity contribution in [1.82, 2.24) is 9.97 Å². The van der Waals surface area contributed by atoms with Gasteiger partial charge in [0.05, 0.1) is 17.2 Å². The second-order valence-electron chi connectivity index (χ2n) is 6.24. The number of hydrogen-bond donors (Lipinski definition) is 1. The average Bonchev–Trinajstić information content (AvgIpc) is 2.68. The fraction of sp³-hybridized carbons (Fsp3) is 0.238. The van der Waals surface area contributed by atoms with E-state index in [-0.39, 0.29) is 11.6 Å². The zero-order valence-corrected chi connectivity index (χ0v) is 15.5. The van der Waals surface area contributed by atoms with Crippen LogP contribution in [0.4, 0.5) is 5.69 Å². The number of para-hydroxylation sites is 3. The Morgan fingerprint density at radius 2 is 1.85 bits per heavy atom. The maximum Gasteiger partial charge on any atom is 0.359 e. The molecule has 1 amide bonds.